The molecule has 0 aliphatic carbocycles. The molecule has 138 valence electrons. The number of nitrogens with zero attached hydrogens (tertiary/aromatic N) is 3. The number of hydrogen-bond acceptors (Lipinski definition) is 5. The molecule has 0 saturated carbocycles. The Kier molecular flexibility index (Phi) is 5.66. The lowest BCUT2D eigenvalue weighted by molar-refractivity contribution is -0.117. The van der Waals surface area contributed by atoms with Crippen LogP contribution in [0.15, 0.2) is 18.2 Å². The van der Waals surface area contributed by atoms with Gasteiger partial charge in [0.15, 0.2) is 0 Å². The minimum atomic E-state index is -0.0335. The van der Waals surface area contributed by atoms with E-state index in [9.17, 15) is 9.59 Å². The maximum atomic E-state index is 12.5. The first-order valence-electron chi connectivity index (χ1n) is 8.98. The smallest absolute Gasteiger partial charge is 0.227 e. The van der Waals surface area contributed by atoms with E-state index < -0.39 is 0 Å². The van der Waals surface area contributed by atoms with Crippen molar-refractivity contribution in [1.29, 1.82) is 0 Å². The lowest BCUT2D eigenvalue weighted by Gasteiger charge is -2.17. The van der Waals surface area contributed by atoms with Gasteiger partial charge in [0, 0.05) is 31.0 Å². The molecule has 1 saturated heterocycles. The first-order chi connectivity index (χ1) is 12.5. The number of hydrogen-bond donors (Lipinski definition) is 1. The lowest BCUT2D eigenvalue weighted by Crippen LogP contribution is -2.24. The summed E-state index contributed by atoms with van der Waals surface area (Å²) in [6, 6.07) is 6.08. The molecule has 0 radical (unpaired) electrons. The Morgan fingerprint density at radius 3 is 2.85 bits per heavy atom. The number of amides is 2. The third-order valence-electron chi connectivity index (χ3n) is 4.72. The fourth-order valence-corrected chi connectivity index (χ4v) is 3.84. The van der Waals surface area contributed by atoms with Crippen molar-refractivity contribution in [2.24, 2.45) is 0 Å². The van der Waals surface area contributed by atoms with Crippen LogP contribution in [-0.2, 0) is 9.59 Å². The SMILES string of the molecule is CCCCC(=O)Nc1nnc([C@H]2CC(=O)N(c3ccc(C)c(C)c3)C2)s1. The molecule has 1 aliphatic rings. The van der Waals surface area contributed by atoms with Crippen LogP contribution in [0, 0.1) is 13.8 Å². The molecular weight excluding hydrogens is 348 g/mol. The maximum absolute atomic E-state index is 12.5. The van der Waals surface area contributed by atoms with Gasteiger partial charge in [0.1, 0.15) is 5.01 Å². The van der Waals surface area contributed by atoms with Crippen LogP contribution < -0.4 is 10.2 Å². The normalized spacial score (nSPS) is 17.0. The Morgan fingerprint density at radius 2 is 2.12 bits per heavy atom. The molecule has 0 spiro atoms. The van der Waals surface area contributed by atoms with Crippen molar-refractivity contribution in [1.82, 2.24) is 10.2 Å². The van der Waals surface area contributed by atoms with Crippen molar-refractivity contribution in [3.8, 4) is 0 Å². The summed E-state index contributed by atoms with van der Waals surface area (Å²) in [5, 5.41) is 12.4. The Bertz CT molecular complexity index is 818. The van der Waals surface area contributed by atoms with Crippen LogP contribution in [0.1, 0.15) is 54.7 Å². The fourth-order valence-electron chi connectivity index (χ4n) is 2.99. The van der Waals surface area contributed by atoms with Gasteiger partial charge in [0.25, 0.3) is 0 Å². The molecule has 1 atom stereocenters. The Morgan fingerprint density at radius 1 is 1.31 bits per heavy atom. The highest BCUT2D eigenvalue weighted by molar-refractivity contribution is 7.15. The predicted octanol–water partition coefficient (Wildman–Crippen LogP) is 3.80. The summed E-state index contributed by atoms with van der Waals surface area (Å²) in [7, 11) is 0. The van der Waals surface area contributed by atoms with Crippen LogP contribution in [0.25, 0.3) is 0 Å². The first-order valence-corrected chi connectivity index (χ1v) is 9.80. The van der Waals surface area contributed by atoms with Gasteiger partial charge in [-0.15, -0.1) is 10.2 Å². The van der Waals surface area contributed by atoms with Crippen LogP contribution >= 0.6 is 11.3 Å². The van der Waals surface area contributed by atoms with E-state index in [0.29, 0.717) is 24.5 Å². The van der Waals surface area contributed by atoms with Gasteiger partial charge in [-0.25, -0.2) is 0 Å². The predicted molar refractivity (Wildman–Crippen MR) is 104 cm³/mol. The summed E-state index contributed by atoms with van der Waals surface area (Å²) in [5.41, 5.74) is 3.31. The van der Waals surface area contributed by atoms with Gasteiger partial charge in [0.2, 0.25) is 16.9 Å². The number of carbonyl (C=O) groups is 2. The average Bonchev–Trinajstić information content (AvgIpc) is 3.22. The number of nitrogens with one attached hydrogen (secondary N) is 1. The maximum Gasteiger partial charge on any atom is 0.227 e. The van der Waals surface area contributed by atoms with E-state index in [1.54, 1.807) is 0 Å². The second kappa shape index (κ2) is 7.95. The Labute approximate surface area is 157 Å². The van der Waals surface area contributed by atoms with E-state index in [2.05, 4.69) is 42.4 Å². The number of rotatable bonds is 6. The van der Waals surface area contributed by atoms with Crippen molar-refractivity contribution in [3.05, 3.63) is 34.3 Å². The average molecular weight is 372 g/mol. The zero-order valence-electron chi connectivity index (χ0n) is 15.4. The highest BCUT2D eigenvalue weighted by atomic mass is 32.1. The summed E-state index contributed by atoms with van der Waals surface area (Å²) < 4.78 is 0. The Balaban J connectivity index is 1.67. The molecule has 0 bridgehead atoms. The van der Waals surface area contributed by atoms with E-state index in [-0.39, 0.29) is 17.7 Å². The van der Waals surface area contributed by atoms with Gasteiger partial charge in [-0.3, -0.25) is 9.59 Å². The van der Waals surface area contributed by atoms with Crippen molar-refractivity contribution >= 4 is 34.0 Å². The molecule has 0 unspecified atom stereocenters. The van der Waals surface area contributed by atoms with Crippen molar-refractivity contribution in [3.63, 3.8) is 0 Å². The second-order valence-corrected chi connectivity index (χ2v) is 7.78. The van der Waals surface area contributed by atoms with Crippen LogP contribution in [0.2, 0.25) is 0 Å². The molecular formula is C19H24N4O2S. The number of aromatic nitrogens is 2. The standard InChI is InChI=1S/C19H24N4O2S/c1-4-5-6-16(24)20-19-22-21-18(26-19)14-10-17(25)23(11-14)15-8-7-12(2)13(3)9-15/h7-9,14H,4-6,10-11H2,1-3H3,(H,20,22,24)/t14-/m0/s1. The van der Waals surface area contributed by atoms with E-state index in [1.165, 1.54) is 22.5 Å². The van der Waals surface area contributed by atoms with Crippen LogP contribution in [0.3, 0.4) is 0 Å². The van der Waals surface area contributed by atoms with Gasteiger partial charge >= 0.3 is 0 Å². The van der Waals surface area contributed by atoms with Gasteiger partial charge in [-0.05, 0) is 43.5 Å². The molecule has 1 N–H and O–H groups in total. The van der Waals surface area contributed by atoms with Crippen molar-refractivity contribution in [2.45, 2.75) is 52.4 Å². The van der Waals surface area contributed by atoms with E-state index in [0.717, 1.165) is 23.5 Å². The minimum Gasteiger partial charge on any atom is -0.312 e. The molecule has 2 amide bonds. The highest BCUT2D eigenvalue weighted by Crippen LogP contribution is 2.34. The summed E-state index contributed by atoms with van der Waals surface area (Å²) in [4.78, 5) is 26.1. The molecule has 7 heteroatoms. The monoisotopic (exact) mass is 372 g/mol. The minimum absolute atomic E-state index is 0.0166. The largest absolute Gasteiger partial charge is 0.312 e. The fraction of sp³-hybridized carbons (Fsp3) is 0.474. The second-order valence-electron chi connectivity index (χ2n) is 6.77. The highest BCUT2D eigenvalue weighted by Gasteiger charge is 2.34. The summed E-state index contributed by atoms with van der Waals surface area (Å²) in [6.45, 7) is 6.76. The van der Waals surface area contributed by atoms with Gasteiger partial charge in [-0.2, -0.15) is 0 Å². The van der Waals surface area contributed by atoms with Crippen LogP contribution in [-0.4, -0.2) is 28.6 Å². The van der Waals surface area contributed by atoms with Gasteiger partial charge in [-0.1, -0.05) is 30.7 Å². The zero-order valence-corrected chi connectivity index (χ0v) is 16.2. The molecule has 2 aromatic rings. The summed E-state index contributed by atoms with van der Waals surface area (Å²) >= 11 is 1.36. The zero-order chi connectivity index (χ0) is 18.7. The van der Waals surface area contributed by atoms with Crippen LogP contribution in [0.4, 0.5) is 10.8 Å². The number of aryl methyl sites for hydroxylation is 2. The molecule has 1 aliphatic heterocycles. The van der Waals surface area contributed by atoms with E-state index in [4.69, 9.17) is 0 Å². The summed E-state index contributed by atoms with van der Waals surface area (Å²) in [5.74, 6) is 0.0821. The lowest BCUT2D eigenvalue weighted by atomic mass is 10.1. The molecule has 6 nitrogen and oxygen atoms in total. The van der Waals surface area contributed by atoms with Crippen molar-refractivity contribution in [2.75, 3.05) is 16.8 Å². The van der Waals surface area contributed by atoms with Gasteiger partial charge < -0.3 is 10.2 Å². The van der Waals surface area contributed by atoms with Crippen molar-refractivity contribution < 1.29 is 9.59 Å². The number of unbranched alkanes of at least 4 members (excludes halogenated alkanes) is 1. The first kappa shape index (κ1) is 18.5. The van der Waals surface area contributed by atoms with Crippen LogP contribution in [0.5, 0.6) is 0 Å². The third kappa shape index (κ3) is 4.09. The van der Waals surface area contributed by atoms with E-state index in [1.807, 2.05) is 17.0 Å². The van der Waals surface area contributed by atoms with Gasteiger partial charge in [0.05, 0.1) is 0 Å². The molecule has 1 aromatic heterocycles. The summed E-state index contributed by atoms with van der Waals surface area (Å²) in [6.07, 6.45) is 2.76. The quantitative estimate of drug-likeness (QED) is 0.837. The third-order valence-corrected chi connectivity index (χ3v) is 5.72. The topological polar surface area (TPSA) is 75.2 Å². The Hall–Kier alpha value is -2.28. The van der Waals surface area contributed by atoms with E-state index >= 15 is 0 Å². The molecule has 1 fully saturated rings. The number of benzene rings is 1. The number of anilines is 2. The molecule has 1 aromatic carbocycles. The molecule has 2 heterocycles. The number of carbonyl (C=O) groups excluding carboxylic acids is 2. The molecule has 3 rings (SSSR count). The molecule has 26 heavy (non-hydrogen) atoms.